The molecule has 0 spiro atoms. The van der Waals surface area contributed by atoms with Gasteiger partial charge in [0.1, 0.15) is 5.75 Å². The summed E-state index contributed by atoms with van der Waals surface area (Å²) in [5.74, 6) is 0.889. The lowest BCUT2D eigenvalue weighted by Gasteiger charge is -2.05. The number of nitrogens with zero attached hydrogens (tertiary/aromatic N) is 1. The van der Waals surface area contributed by atoms with Crippen LogP contribution in [-0.2, 0) is 16.3 Å². The molecule has 25 heavy (non-hydrogen) atoms. The largest absolute Gasteiger partial charge is 0.493 e. The molecule has 2 amide bonds. The highest BCUT2D eigenvalue weighted by Crippen LogP contribution is 2.25. The third-order valence-electron chi connectivity index (χ3n) is 3.63. The molecule has 7 nitrogen and oxygen atoms in total. The summed E-state index contributed by atoms with van der Waals surface area (Å²) in [6.07, 6.45) is 3.54. The summed E-state index contributed by atoms with van der Waals surface area (Å²) < 4.78 is 28.2. The molecule has 1 heterocycles. The molecular formula is C17H17N3O4S. The molecule has 0 aromatic heterocycles. The van der Waals surface area contributed by atoms with Gasteiger partial charge in [-0.1, -0.05) is 0 Å². The number of carbonyl (C=O) groups is 1. The first kappa shape index (κ1) is 17.0. The van der Waals surface area contributed by atoms with Crippen LogP contribution < -0.4 is 15.5 Å². The first-order valence-corrected chi connectivity index (χ1v) is 9.47. The van der Waals surface area contributed by atoms with Crippen molar-refractivity contribution >= 4 is 27.8 Å². The Morgan fingerprint density at radius 3 is 2.68 bits per heavy atom. The summed E-state index contributed by atoms with van der Waals surface area (Å²) in [6, 6.07) is 11.1. The lowest BCUT2D eigenvalue weighted by Crippen LogP contribution is -2.24. The number of hydrogen-bond donors (Lipinski definition) is 2. The lowest BCUT2D eigenvalue weighted by molar-refractivity contribution is 0.252. The Labute approximate surface area is 145 Å². The van der Waals surface area contributed by atoms with E-state index < -0.39 is 15.9 Å². The second-order valence-corrected chi connectivity index (χ2v) is 7.60. The molecule has 2 aromatic carbocycles. The topological polar surface area (TPSA) is 96.9 Å². The van der Waals surface area contributed by atoms with Gasteiger partial charge in [0.2, 0.25) is 0 Å². The quantitative estimate of drug-likeness (QED) is 0.646. The maximum atomic E-state index is 11.8. The number of hydrazone groups is 1. The second-order valence-electron chi connectivity index (χ2n) is 5.59. The molecule has 0 saturated heterocycles. The van der Waals surface area contributed by atoms with E-state index in [0.717, 1.165) is 29.6 Å². The monoisotopic (exact) mass is 359 g/mol. The van der Waals surface area contributed by atoms with Crippen molar-refractivity contribution < 1.29 is 17.9 Å². The molecule has 0 radical (unpaired) electrons. The molecule has 0 unspecified atom stereocenters. The second kappa shape index (κ2) is 6.94. The number of amides is 2. The van der Waals surface area contributed by atoms with Crippen molar-refractivity contribution in [3.63, 3.8) is 0 Å². The predicted molar refractivity (Wildman–Crippen MR) is 94.9 cm³/mol. The fourth-order valence-corrected chi connectivity index (χ4v) is 3.03. The molecule has 0 aliphatic carbocycles. The number of benzene rings is 2. The Bertz CT molecular complexity index is 921. The van der Waals surface area contributed by atoms with Gasteiger partial charge in [0, 0.05) is 18.4 Å². The maximum absolute atomic E-state index is 11.8. The molecule has 3 rings (SSSR count). The fourth-order valence-electron chi connectivity index (χ4n) is 2.40. The van der Waals surface area contributed by atoms with Crippen LogP contribution in [0.1, 0.15) is 11.1 Å². The zero-order valence-corrected chi connectivity index (χ0v) is 14.3. The summed E-state index contributed by atoms with van der Waals surface area (Å²) in [6.45, 7) is 0.689. The van der Waals surface area contributed by atoms with Crippen molar-refractivity contribution in [3.8, 4) is 5.75 Å². The van der Waals surface area contributed by atoms with Crippen LogP contribution in [-0.4, -0.2) is 33.5 Å². The van der Waals surface area contributed by atoms with Crippen molar-refractivity contribution in [2.75, 3.05) is 18.2 Å². The lowest BCUT2D eigenvalue weighted by atomic mass is 10.1. The first-order chi connectivity index (χ1) is 11.9. The molecule has 0 fully saturated rings. The highest BCUT2D eigenvalue weighted by Gasteiger charge is 2.11. The van der Waals surface area contributed by atoms with Gasteiger partial charge in [0.15, 0.2) is 9.84 Å². The zero-order valence-electron chi connectivity index (χ0n) is 13.5. The van der Waals surface area contributed by atoms with Gasteiger partial charge in [0.25, 0.3) is 0 Å². The summed E-state index contributed by atoms with van der Waals surface area (Å²) in [5.41, 5.74) is 4.82. The van der Waals surface area contributed by atoms with Crippen LogP contribution in [0, 0.1) is 0 Å². The van der Waals surface area contributed by atoms with E-state index in [0.29, 0.717) is 12.3 Å². The number of ether oxygens (including phenoxy) is 1. The first-order valence-electron chi connectivity index (χ1n) is 7.58. The van der Waals surface area contributed by atoms with Gasteiger partial charge in [-0.3, -0.25) is 0 Å². The van der Waals surface area contributed by atoms with Gasteiger partial charge < -0.3 is 10.1 Å². The minimum absolute atomic E-state index is 0.192. The highest BCUT2D eigenvalue weighted by atomic mass is 32.2. The third kappa shape index (κ3) is 4.36. The van der Waals surface area contributed by atoms with E-state index in [2.05, 4.69) is 15.8 Å². The normalized spacial score (nSPS) is 13.3. The Balaban J connectivity index is 1.56. The van der Waals surface area contributed by atoms with E-state index >= 15 is 0 Å². The number of fused-ring (bicyclic) bond motifs is 1. The summed E-state index contributed by atoms with van der Waals surface area (Å²) >= 11 is 0. The number of urea groups is 1. The molecule has 2 N–H and O–H groups in total. The van der Waals surface area contributed by atoms with Crippen LogP contribution in [0.2, 0.25) is 0 Å². The average Bonchev–Trinajstić information content (AvgIpc) is 3.02. The molecule has 0 bridgehead atoms. The number of rotatable bonds is 4. The van der Waals surface area contributed by atoms with Crippen LogP contribution in [0.25, 0.3) is 0 Å². The Morgan fingerprint density at radius 2 is 1.96 bits per heavy atom. The third-order valence-corrected chi connectivity index (χ3v) is 4.76. The molecule has 130 valence electrons. The smallest absolute Gasteiger partial charge is 0.339 e. The van der Waals surface area contributed by atoms with Gasteiger partial charge in [-0.25, -0.2) is 18.6 Å². The van der Waals surface area contributed by atoms with Crippen molar-refractivity contribution in [3.05, 3.63) is 53.6 Å². The molecule has 1 aliphatic heterocycles. The summed E-state index contributed by atoms with van der Waals surface area (Å²) in [4.78, 5) is 12.0. The van der Waals surface area contributed by atoms with Crippen molar-refractivity contribution in [1.82, 2.24) is 5.43 Å². The van der Waals surface area contributed by atoms with E-state index in [4.69, 9.17) is 4.74 Å². The Morgan fingerprint density at radius 1 is 1.20 bits per heavy atom. The average molecular weight is 359 g/mol. The highest BCUT2D eigenvalue weighted by molar-refractivity contribution is 7.90. The van der Waals surface area contributed by atoms with E-state index in [1.54, 1.807) is 6.21 Å². The summed E-state index contributed by atoms with van der Waals surface area (Å²) in [7, 11) is -3.26. The zero-order chi connectivity index (χ0) is 17.9. The number of sulfone groups is 1. The standard InChI is InChI=1S/C17H17N3O4S/c1-25(22,23)15-5-3-14(4-6-15)19-17(21)20-18-11-12-2-7-16-13(10-12)8-9-24-16/h2-7,10-11H,8-9H2,1H3,(H2,19,20,21)/b18-11+. The van der Waals surface area contributed by atoms with Crippen LogP contribution in [0.4, 0.5) is 10.5 Å². The van der Waals surface area contributed by atoms with E-state index in [-0.39, 0.29) is 4.90 Å². The molecule has 0 atom stereocenters. The van der Waals surface area contributed by atoms with Crippen molar-refractivity contribution in [2.45, 2.75) is 11.3 Å². The van der Waals surface area contributed by atoms with E-state index in [9.17, 15) is 13.2 Å². The van der Waals surface area contributed by atoms with Crippen LogP contribution >= 0.6 is 0 Å². The van der Waals surface area contributed by atoms with Crippen LogP contribution in [0.15, 0.2) is 52.5 Å². The predicted octanol–water partition coefficient (Wildman–Crippen LogP) is 2.18. The summed E-state index contributed by atoms with van der Waals surface area (Å²) in [5, 5.41) is 6.47. The molecule has 1 aliphatic rings. The van der Waals surface area contributed by atoms with E-state index in [1.807, 2.05) is 18.2 Å². The number of anilines is 1. The number of nitrogens with one attached hydrogen (secondary N) is 2. The molecular weight excluding hydrogens is 342 g/mol. The van der Waals surface area contributed by atoms with Crippen LogP contribution in [0.3, 0.4) is 0 Å². The molecule has 0 saturated carbocycles. The van der Waals surface area contributed by atoms with Crippen LogP contribution in [0.5, 0.6) is 5.75 Å². The van der Waals surface area contributed by atoms with Gasteiger partial charge >= 0.3 is 6.03 Å². The van der Waals surface area contributed by atoms with Gasteiger partial charge in [-0.05, 0) is 53.6 Å². The SMILES string of the molecule is CS(=O)(=O)c1ccc(NC(=O)N/N=C/c2ccc3c(c2)CCO3)cc1. The Kier molecular flexibility index (Phi) is 4.71. The Hall–Kier alpha value is -2.87. The minimum atomic E-state index is -3.26. The van der Waals surface area contributed by atoms with Crippen molar-refractivity contribution in [2.24, 2.45) is 5.10 Å². The van der Waals surface area contributed by atoms with Crippen molar-refractivity contribution in [1.29, 1.82) is 0 Å². The fraction of sp³-hybridized carbons (Fsp3) is 0.176. The molecule has 2 aromatic rings. The van der Waals surface area contributed by atoms with Gasteiger partial charge in [-0.15, -0.1) is 0 Å². The van der Waals surface area contributed by atoms with Gasteiger partial charge in [-0.2, -0.15) is 5.10 Å². The minimum Gasteiger partial charge on any atom is -0.493 e. The maximum Gasteiger partial charge on any atom is 0.339 e. The number of hydrogen-bond acceptors (Lipinski definition) is 5. The van der Waals surface area contributed by atoms with Gasteiger partial charge in [0.05, 0.1) is 17.7 Å². The molecule has 8 heteroatoms. The number of carbonyl (C=O) groups excluding carboxylic acids is 1. The van der Waals surface area contributed by atoms with E-state index in [1.165, 1.54) is 24.3 Å².